The van der Waals surface area contributed by atoms with Gasteiger partial charge < -0.3 is 14.5 Å². The SMILES string of the molecule is COc1cccc(N2C[C@H](C(=O)N3CCN(CCn4nc(C)cc4C)CC3)CC2=O)c1. The average Bonchev–Trinajstić information content (AvgIpc) is 3.33. The van der Waals surface area contributed by atoms with Crippen molar-refractivity contribution in [2.75, 3.05) is 51.3 Å². The Morgan fingerprint density at radius 3 is 2.58 bits per heavy atom. The first-order valence-corrected chi connectivity index (χ1v) is 10.9. The van der Waals surface area contributed by atoms with Gasteiger partial charge in [-0.2, -0.15) is 5.10 Å². The number of hydrogen-bond acceptors (Lipinski definition) is 5. The quantitative estimate of drug-likeness (QED) is 0.705. The molecule has 0 N–H and O–H groups in total. The molecule has 0 radical (unpaired) electrons. The number of carbonyl (C=O) groups is 2. The van der Waals surface area contributed by atoms with Gasteiger partial charge in [0, 0.05) is 63.1 Å². The van der Waals surface area contributed by atoms with Crippen LogP contribution in [0.5, 0.6) is 5.75 Å². The van der Waals surface area contributed by atoms with E-state index in [1.54, 1.807) is 12.0 Å². The van der Waals surface area contributed by atoms with Crippen molar-refractivity contribution in [3.05, 3.63) is 41.7 Å². The summed E-state index contributed by atoms with van der Waals surface area (Å²) in [4.78, 5) is 31.6. The van der Waals surface area contributed by atoms with Crippen molar-refractivity contribution in [2.45, 2.75) is 26.8 Å². The molecule has 2 saturated heterocycles. The molecule has 0 saturated carbocycles. The summed E-state index contributed by atoms with van der Waals surface area (Å²) < 4.78 is 7.31. The normalized spacial score (nSPS) is 19.8. The number of anilines is 1. The van der Waals surface area contributed by atoms with Crippen LogP contribution in [0, 0.1) is 19.8 Å². The van der Waals surface area contributed by atoms with Crippen molar-refractivity contribution < 1.29 is 14.3 Å². The van der Waals surface area contributed by atoms with E-state index in [0.29, 0.717) is 25.4 Å². The molecule has 1 aromatic carbocycles. The fraction of sp³-hybridized carbons (Fsp3) is 0.522. The molecule has 0 unspecified atom stereocenters. The Bertz CT molecular complexity index is 948. The lowest BCUT2D eigenvalue weighted by molar-refractivity contribution is -0.137. The molecule has 0 spiro atoms. The molecule has 2 fully saturated rings. The summed E-state index contributed by atoms with van der Waals surface area (Å²) in [6.45, 7) is 9.43. The maximum Gasteiger partial charge on any atom is 0.228 e. The van der Waals surface area contributed by atoms with Gasteiger partial charge in [-0.05, 0) is 32.0 Å². The number of aromatic nitrogens is 2. The minimum absolute atomic E-state index is 0.00451. The maximum atomic E-state index is 13.1. The Labute approximate surface area is 183 Å². The smallest absolute Gasteiger partial charge is 0.228 e. The fourth-order valence-corrected chi connectivity index (χ4v) is 4.49. The van der Waals surface area contributed by atoms with Crippen LogP contribution in [0.2, 0.25) is 0 Å². The number of rotatable bonds is 6. The van der Waals surface area contributed by atoms with Crippen molar-refractivity contribution in [3.8, 4) is 5.75 Å². The molecule has 2 aliphatic heterocycles. The van der Waals surface area contributed by atoms with Gasteiger partial charge in [0.05, 0.1) is 25.3 Å². The Hall–Kier alpha value is -2.87. The number of aryl methyl sites for hydroxylation is 2. The zero-order valence-electron chi connectivity index (χ0n) is 18.6. The molecule has 3 heterocycles. The number of methoxy groups -OCH3 is 1. The van der Waals surface area contributed by atoms with Crippen molar-refractivity contribution in [1.29, 1.82) is 0 Å². The number of benzene rings is 1. The van der Waals surface area contributed by atoms with Gasteiger partial charge in [-0.3, -0.25) is 19.2 Å². The Kier molecular flexibility index (Phi) is 6.27. The molecule has 2 amide bonds. The van der Waals surface area contributed by atoms with E-state index in [4.69, 9.17) is 4.74 Å². The lowest BCUT2D eigenvalue weighted by Gasteiger charge is -2.35. The minimum atomic E-state index is -0.278. The van der Waals surface area contributed by atoms with Crippen LogP contribution in [0.15, 0.2) is 30.3 Å². The summed E-state index contributed by atoms with van der Waals surface area (Å²) in [7, 11) is 1.61. The van der Waals surface area contributed by atoms with Crippen LogP contribution in [-0.4, -0.2) is 77.8 Å². The third kappa shape index (κ3) is 4.74. The first-order chi connectivity index (χ1) is 14.9. The van der Waals surface area contributed by atoms with Gasteiger partial charge in [-0.15, -0.1) is 0 Å². The van der Waals surface area contributed by atoms with Gasteiger partial charge in [0.25, 0.3) is 0 Å². The summed E-state index contributed by atoms with van der Waals surface area (Å²) in [6, 6.07) is 9.53. The fourth-order valence-electron chi connectivity index (χ4n) is 4.49. The number of nitrogens with zero attached hydrogens (tertiary/aromatic N) is 5. The van der Waals surface area contributed by atoms with Gasteiger partial charge in [0.2, 0.25) is 11.8 Å². The molecule has 31 heavy (non-hydrogen) atoms. The molecular formula is C23H31N5O3. The number of ether oxygens (including phenoxy) is 1. The second-order valence-corrected chi connectivity index (χ2v) is 8.42. The van der Waals surface area contributed by atoms with Crippen molar-refractivity contribution in [1.82, 2.24) is 19.6 Å². The summed E-state index contributed by atoms with van der Waals surface area (Å²) in [5.41, 5.74) is 3.01. The summed E-state index contributed by atoms with van der Waals surface area (Å²) in [6.07, 6.45) is 0.272. The number of hydrogen-bond donors (Lipinski definition) is 0. The Morgan fingerprint density at radius 1 is 1.13 bits per heavy atom. The third-order valence-corrected chi connectivity index (χ3v) is 6.25. The molecule has 8 nitrogen and oxygen atoms in total. The number of amides is 2. The van der Waals surface area contributed by atoms with Crippen molar-refractivity contribution >= 4 is 17.5 Å². The summed E-state index contributed by atoms with van der Waals surface area (Å²) in [5, 5.41) is 4.52. The van der Waals surface area contributed by atoms with E-state index in [1.165, 1.54) is 5.69 Å². The molecule has 0 bridgehead atoms. The molecule has 4 rings (SSSR count). The van der Waals surface area contributed by atoms with Gasteiger partial charge in [-0.25, -0.2) is 0 Å². The predicted octanol–water partition coefficient (Wildman–Crippen LogP) is 1.71. The topological polar surface area (TPSA) is 70.9 Å². The van der Waals surface area contributed by atoms with E-state index in [-0.39, 0.29) is 24.2 Å². The van der Waals surface area contributed by atoms with Crippen LogP contribution in [0.4, 0.5) is 5.69 Å². The molecule has 8 heteroatoms. The Balaban J connectivity index is 1.28. The first kappa shape index (κ1) is 21.4. The monoisotopic (exact) mass is 425 g/mol. The van der Waals surface area contributed by atoms with E-state index < -0.39 is 0 Å². The highest BCUT2D eigenvalue weighted by molar-refractivity contribution is 6.00. The molecule has 2 aliphatic rings. The highest BCUT2D eigenvalue weighted by Crippen LogP contribution is 2.29. The first-order valence-electron chi connectivity index (χ1n) is 10.9. The van der Waals surface area contributed by atoms with E-state index in [0.717, 1.165) is 37.6 Å². The van der Waals surface area contributed by atoms with Gasteiger partial charge in [0.15, 0.2) is 0 Å². The molecule has 2 aromatic rings. The average molecular weight is 426 g/mol. The highest BCUT2D eigenvalue weighted by Gasteiger charge is 2.38. The van der Waals surface area contributed by atoms with E-state index in [2.05, 4.69) is 23.0 Å². The van der Waals surface area contributed by atoms with Crippen LogP contribution >= 0.6 is 0 Å². The summed E-state index contributed by atoms with van der Waals surface area (Å²) >= 11 is 0. The van der Waals surface area contributed by atoms with Crippen LogP contribution in [-0.2, 0) is 16.1 Å². The third-order valence-electron chi connectivity index (χ3n) is 6.25. The highest BCUT2D eigenvalue weighted by atomic mass is 16.5. The van der Waals surface area contributed by atoms with Crippen LogP contribution in [0.1, 0.15) is 17.8 Å². The molecular weight excluding hydrogens is 394 g/mol. The second kappa shape index (κ2) is 9.09. The van der Waals surface area contributed by atoms with Crippen LogP contribution in [0.3, 0.4) is 0 Å². The van der Waals surface area contributed by atoms with Crippen molar-refractivity contribution in [2.24, 2.45) is 5.92 Å². The number of carbonyl (C=O) groups excluding carboxylic acids is 2. The molecule has 1 atom stereocenters. The van der Waals surface area contributed by atoms with Crippen LogP contribution in [0.25, 0.3) is 0 Å². The Morgan fingerprint density at radius 2 is 1.90 bits per heavy atom. The minimum Gasteiger partial charge on any atom is -0.497 e. The largest absolute Gasteiger partial charge is 0.497 e. The molecule has 0 aliphatic carbocycles. The van der Waals surface area contributed by atoms with E-state index in [1.807, 2.05) is 40.8 Å². The van der Waals surface area contributed by atoms with Gasteiger partial charge in [0.1, 0.15) is 5.75 Å². The zero-order chi connectivity index (χ0) is 22.0. The zero-order valence-corrected chi connectivity index (χ0v) is 18.6. The standard InChI is InChI=1S/C23H31N5O3/c1-17-13-18(2)28(24-17)12-9-25-7-10-26(11-8-25)23(30)19-14-22(29)27(16-19)20-5-4-6-21(15-20)31-3/h4-6,13,15,19H,7-12,14,16H2,1-3H3/t19-/m1/s1. The number of piperazine rings is 1. The van der Waals surface area contributed by atoms with Gasteiger partial charge >= 0.3 is 0 Å². The molecule has 166 valence electrons. The predicted molar refractivity (Wildman–Crippen MR) is 118 cm³/mol. The van der Waals surface area contributed by atoms with E-state index in [9.17, 15) is 9.59 Å². The lowest BCUT2D eigenvalue weighted by Crippen LogP contribution is -2.51. The van der Waals surface area contributed by atoms with E-state index >= 15 is 0 Å². The molecule has 1 aromatic heterocycles. The maximum absolute atomic E-state index is 13.1. The lowest BCUT2D eigenvalue weighted by atomic mass is 10.1. The second-order valence-electron chi connectivity index (χ2n) is 8.42. The summed E-state index contributed by atoms with van der Waals surface area (Å²) in [5.74, 6) is 0.517. The van der Waals surface area contributed by atoms with Crippen LogP contribution < -0.4 is 9.64 Å². The van der Waals surface area contributed by atoms with Crippen molar-refractivity contribution in [3.63, 3.8) is 0 Å². The van der Waals surface area contributed by atoms with Gasteiger partial charge in [-0.1, -0.05) is 6.07 Å².